The molecular formula is C14H20BrFN2. The first kappa shape index (κ1) is 14.0. The van der Waals surface area contributed by atoms with E-state index in [1.54, 1.807) is 12.1 Å². The summed E-state index contributed by atoms with van der Waals surface area (Å²) in [6, 6.07) is 5.27. The van der Waals surface area contributed by atoms with E-state index in [1.807, 2.05) is 0 Å². The van der Waals surface area contributed by atoms with Gasteiger partial charge in [-0.3, -0.25) is 4.90 Å². The van der Waals surface area contributed by atoms with E-state index in [9.17, 15) is 4.39 Å². The fourth-order valence-corrected chi connectivity index (χ4v) is 3.28. The average Bonchev–Trinajstić information content (AvgIpc) is 2.71. The number of hydrogen-bond donors (Lipinski definition) is 1. The van der Waals surface area contributed by atoms with Crippen molar-refractivity contribution >= 4 is 15.9 Å². The molecule has 0 aromatic heterocycles. The van der Waals surface area contributed by atoms with E-state index in [2.05, 4.69) is 40.1 Å². The Bertz CT molecular complexity index is 411. The van der Waals surface area contributed by atoms with Crippen molar-refractivity contribution in [3.8, 4) is 0 Å². The highest BCUT2D eigenvalue weighted by molar-refractivity contribution is 9.10. The molecule has 2 nitrogen and oxygen atoms in total. The highest BCUT2D eigenvalue weighted by atomic mass is 79.9. The maximum Gasteiger partial charge on any atom is 0.123 e. The molecule has 2 atom stereocenters. The van der Waals surface area contributed by atoms with Crippen LogP contribution in [0.1, 0.15) is 24.9 Å². The summed E-state index contributed by atoms with van der Waals surface area (Å²) in [4.78, 5) is 2.32. The molecule has 4 heteroatoms. The van der Waals surface area contributed by atoms with Gasteiger partial charge in [-0.15, -0.1) is 0 Å². The molecule has 0 aliphatic carbocycles. The molecule has 1 aliphatic rings. The highest BCUT2D eigenvalue weighted by Crippen LogP contribution is 2.39. The number of halogens is 2. The Morgan fingerprint density at radius 3 is 3.00 bits per heavy atom. The molecule has 0 spiro atoms. The Hall–Kier alpha value is -0.450. The molecule has 1 fully saturated rings. The molecule has 0 bridgehead atoms. The number of hydrogen-bond acceptors (Lipinski definition) is 2. The minimum atomic E-state index is -0.157. The second-order valence-electron chi connectivity index (χ2n) is 4.95. The van der Waals surface area contributed by atoms with Crippen LogP contribution in [0.3, 0.4) is 0 Å². The lowest BCUT2D eigenvalue weighted by atomic mass is 9.93. The second-order valence-corrected chi connectivity index (χ2v) is 5.80. The van der Waals surface area contributed by atoms with E-state index in [4.69, 9.17) is 0 Å². The van der Waals surface area contributed by atoms with E-state index >= 15 is 0 Å². The van der Waals surface area contributed by atoms with Crippen LogP contribution in [-0.4, -0.2) is 31.6 Å². The van der Waals surface area contributed by atoms with E-state index in [-0.39, 0.29) is 5.82 Å². The molecule has 2 unspecified atom stereocenters. The fraction of sp³-hybridized carbons (Fsp3) is 0.571. The minimum Gasteiger partial charge on any atom is -0.317 e. The van der Waals surface area contributed by atoms with E-state index < -0.39 is 0 Å². The van der Waals surface area contributed by atoms with Gasteiger partial charge in [-0.05, 0) is 62.8 Å². The van der Waals surface area contributed by atoms with Crippen LogP contribution in [0, 0.1) is 11.7 Å². The first-order chi connectivity index (χ1) is 8.63. The molecule has 18 heavy (non-hydrogen) atoms. The van der Waals surface area contributed by atoms with Gasteiger partial charge in [0.15, 0.2) is 0 Å². The number of rotatable bonds is 4. The van der Waals surface area contributed by atoms with Gasteiger partial charge in [0.2, 0.25) is 0 Å². The van der Waals surface area contributed by atoms with Crippen molar-refractivity contribution in [2.75, 3.05) is 26.7 Å². The fourth-order valence-electron chi connectivity index (χ4n) is 2.80. The summed E-state index contributed by atoms with van der Waals surface area (Å²) in [6.07, 6.45) is 1.16. The van der Waals surface area contributed by atoms with Crippen molar-refractivity contribution in [3.05, 3.63) is 34.1 Å². The van der Waals surface area contributed by atoms with Crippen LogP contribution in [0.25, 0.3) is 0 Å². The lowest BCUT2D eigenvalue weighted by molar-refractivity contribution is 0.271. The van der Waals surface area contributed by atoms with Gasteiger partial charge < -0.3 is 5.32 Å². The zero-order chi connectivity index (χ0) is 13.1. The molecular weight excluding hydrogens is 295 g/mol. The molecule has 1 aromatic carbocycles. The molecule has 1 aromatic rings. The Labute approximate surface area is 117 Å². The van der Waals surface area contributed by atoms with Crippen molar-refractivity contribution in [2.45, 2.75) is 19.4 Å². The summed E-state index contributed by atoms with van der Waals surface area (Å²) in [5.74, 6) is 0.392. The van der Waals surface area contributed by atoms with Gasteiger partial charge in [0.05, 0.1) is 0 Å². The van der Waals surface area contributed by atoms with Crippen LogP contribution in [0.2, 0.25) is 0 Å². The van der Waals surface area contributed by atoms with Crippen molar-refractivity contribution in [2.24, 2.45) is 5.92 Å². The summed E-state index contributed by atoms with van der Waals surface area (Å²) in [5.41, 5.74) is 1.07. The summed E-state index contributed by atoms with van der Waals surface area (Å²) < 4.78 is 14.5. The summed E-state index contributed by atoms with van der Waals surface area (Å²) in [6.45, 7) is 5.17. The highest BCUT2D eigenvalue weighted by Gasteiger charge is 2.33. The summed E-state index contributed by atoms with van der Waals surface area (Å²) >= 11 is 3.55. The van der Waals surface area contributed by atoms with Crippen LogP contribution in [0.15, 0.2) is 22.7 Å². The number of likely N-dealkylation sites (tertiary alicyclic amines) is 1. The minimum absolute atomic E-state index is 0.157. The third-order valence-electron chi connectivity index (χ3n) is 3.71. The van der Waals surface area contributed by atoms with Crippen molar-refractivity contribution < 1.29 is 4.39 Å². The molecule has 1 N–H and O–H groups in total. The summed E-state index contributed by atoms with van der Waals surface area (Å²) in [5, 5.41) is 3.41. The van der Waals surface area contributed by atoms with Crippen LogP contribution in [0.4, 0.5) is 4.39 Å². The standard InChI is InChI=1S/C14H20BrFN2/c1-3-17-9-10-6-7-18(2)14(10)12-8-11(16)4-5-13(12)15/h4-5,8,10,14,17H,3,6-7,9H2,1-2H3. The van der Waals surface area contributed by atoms with E-state index in [0.717, 1.165) is 36.1 Å². The largest absolute Gasteiger partial charge is 0.317 e. The normalized spacial score (nSPS) is 24.7. The van der Waals surface area contributed by atoms with Gasteiger partial charge in [0, 0.05) is 10.5 Å². The van der Waals surface area contributed by atoms with Gasteiger partial charge in [0.1, 0.15) is 5.82 Å². The van der Waals surface area contributed by atoms with Gasteiger partial charge >= 0.3 is 0 Å². The van der Waals surface area contributed by atoms with Crippen LogP contribution in [-0.2, 0) is 0 Å². The Morgan fingerprint density at radius 1 is 1.50 bits per heavy atom. The van der Waals surface area contributed by atoms with E-state index in [1.165, 1.54) is 6.07 Å². The first-order valence-corrected chi connectivity index (χ1v) is 7.28. The number of nitrogens with zero attached hydrogens (tertiary/aromatic N) is 1. The molecule has 0 saturated carbocycles. The van der Waals surface area contributed by atoms with Crippen molar-refractivity contribution in [3.63, 3.8) is 0 Å². The summed E-state index contributed by atoms with van der Waals surface area (Å²) in [7, 11) is 2.12. The molecule has 1 saturated heterocycles. The lowest BCUT2D eigenvalue weighted by Crippen LogP contribution is -2.28. The molecule has 0 radical (unpaired) electrons. The second kappa shape index (κ2) is 6.13. The zero-order valence-electron chi connectivity index (χ0n) is 10.9. The SMILES string of the molecule is CCNCC1CCN(C)C1c1cc(F)ccc1Br. The third-order valence-corrected chi connectivity index (χ3v) is 4.43. The van der Waals surface area contributed by atoms with Crippen molar-refractivity contribution in [1.82, 2.24) is 10.2 Å². The lowest BCUT2D eigenvalue weighted by Gasteiger charge is -2.26. The maximum absolute atomic E-state index is 13.5. The monoisotopic (exact) mass is 314 g/mol. The predicted molar refractivity (Wildman–Crippen MR) is 76.1 cm³/mol. The van der Waals surface area contributed by atoms with E-state index in [0.29, 0.717) is 12.0 Å². The third kappa shape index (κ3) is 2.92. The number of nitrogens with one attached hydrogen (secondary N) is 1. The molecule has 1 heterocycles. The van der Waals surface area contributed by atoms with Gasteiger partial charge in [-0.25, -0.2) is 4.39 Å². The van der Waals surface area contributed by atoms with Crippen LogP contribution >= 0.6 is 15.9 Å². The van der Waals surface area contributed by atoms with Gasteiger partial charge in [0.25, 0.3) is 0 Å². The predicted octanol–water partition coefficient (Wildman–Crippen LogP) is 3.19. The number of benzene rings is 1. The topological polar surface area (TPSA) is 15.3 Å². The first-order valence-electron chi connectivity index (χ1n) is 6.49. The van der Waals surface area contributed by atoms with Gasteiger partial charge in [-0.1, -0.05) is 22.9 Å². The molecule has 0 amide bonds. The smallest absolute Gasteiger partial charge is 0.123 e. The zero-order valence-corrected chi connectivity index (χ0v) is 12.5. The van der Waals surface area contributed by atoms with Gasteiger partial charge in [-0.2, -0.15) is 0 Å². The quantitative estimate of drug-likeness (QED) is 0.918. The average molecular weight is 315 g/mol. The van der Waals surface area contributed by atoms with Crippen LogP contribution in [0.5, 0.6) is 0 Å². The molecule has 2 rings (SSSR count). The maximum atomic E-state index is 13.5. The van der Waals surface area contributed by atoms with Crippen molar-refractivity contribution in [1.29, 1.82) is 0 Å². The Kier molecular flexibility index (Phi) is 4.76. The Morgan fingerprint density at radius 2 is 2.28 bits per heavy atom. The van der Waals surface area contributed by atoms with Crippen LogP contribution < -0.4 is 5.32 Å². The molecule has 100 valence electrons. The molecule has 1 aliphatic heterocycles. The Balaban J connectivity index is 2.24.